The van der Waals surface area contributed by atoms with Gasteiger partial charge in [-0.2, -0.15) is 0 Å². The van der Waals surface area contributed by atoms with Crippen LogP contribution < -0.4 is 9.47 Å². The molecule has 0 aromatic heterocycles. The van der Waals surface area contributed by atoms with E-state index >= 15 is 0 Å². The maximum atomic E-state index is 12.5. The highest BCUT2D eigenvalue weighted by Crippen LogP contribution is 2.37. The molecule has 0 saturated heterocycles. The molecule has 2 aliphatic heterocycles. The first kappa shape index (κ1) is 13.7. The lowest BCUT2D eigenvalue weighted by molar-refractivity contribution is -0.141. The topological polar surface area (TPSA) is 76.0 Å². The number of phenols is 2. The van der Waals surface area contributed by atoms with Gasteiger partial charge in [0, 0.05) is 11.6 Å². The molecule has 0 fully saturated rings. The molecule has 5 nitrogen and oxygen atoms in total. The second-order valence-corrected chi connectivity index (χ2v) is 5.69. The van der Waals surface area contributed by atoms with Crippen LogP contribution in [0.4, 0.5) is 0 Å². The third-order valence-electron chi connectivity index (χ3n) is 4.12. The standard InChI is InChI=1S/C18H14O5/c19-12-4-6-15-10(7-12)2-5-16-14(18(21)23-15)8-11-1-3-13(20)9-17(11)22-16/h1-7,9,14,16,19-20H,8H2/b5-2-/t14-,16+/m1/s1. The van der Waals surface area contributed by atoms with Crippen molar-refractivity contribution >= 4 is 12.0 Å². The zero-order chi connectivity index (χ0) is 16.0. The summed E-state index contributed by atoms with van der Waals surface area (Å²) in [5.41, 5.74) is 1.48. The van der Waals surface area contributed by atoms with Crippen molar-refractivity contribution in [3.63, 3.8) is 0 Å². The molecule has 0 aliphatic carbocycles. The van der Waals surface area contributed by atoms with E-state index < -0.39 is 12.0 Å². The van der Waals surface area contributed by atoms with Crippen molar-refractivity contribution in [2.24, 2.45) is 5.92 Å². The summed E-state index contributed by atoms with van der Waals surface area (Å²) in [5, 5.41) is 19.2. The molecular weight excluding hydrogens is 296 g/mol. The van der Waals surface area contributed by atoms with Gasteiger partial charge in [0.1, 0.15) is 35.0 Å². The number of ether oxygens (including phenoxy) is 2. The Bertz CT molecular complexity index is 824. The monoisotopic (exact) mass is 310 g/mol. The van der Waals surface area contributed by atoms with E-state index in [0.29, 0.717) is 23.5 Å². The summed E-state index contributed by atoms with van der Waals surface area (Å²) in [7, 11) is 0. The van der Waals surface area contributed by atoms with E-state index in [1.54, 1.807) is 36.4 Å². The Hall–Kier alpha value is -2.95. The number of benzene rings is 2. The highest BCUT2D eigenvalue weighted by Gasteiger charge is 2.36. The van der Waals surface area contributed by atoms with Crippen molar-refractivity contribution in [3.8, 4) is 23.0 Å². The predicted molar refractivity (Wildman–Crippen MR) is 82.5 cm³/mol. The second kappa shape index (κ2) is 5.05. The Morgan fingerprint density at radius 3 is 2.65 bits per heavy atom. The number of esters is 1. The molecule has 5 heteroatoms. The van der Waals surface area contributed by atoms with Crippen LogP contribution in [-0.4, -0.2) is 22.3 Å². The Kier molecular flexibility index (Phi) is 3.01. The molecule has 116 valence electrons. The summed E-state index contributed by atoms with van der Waals surface area (Å²) in [6.45, 7) is 0. The Morgan fingerprint density at radius 1 is 1.00 bits per heavy atom. The first-order valence-corrected chi connectivity index (χ1v) is 7.31. The van der Waals surface area contributed by atoms with Crippen LogP contribution in [-0.2, 0) is 11.2 Å². The van der Waals surface area contributed by atoms with Gasteiger partial charge in [-0.05, 0) is 42.3 Å². The SMILES string of the molecule is O=C1Oc2ccc(O)cc2/C=C\[C@@H]2Oc3cc(O)ccc3C[C@@H]12. The lowest BCUT2D eigenvalue weighted by Gasteiger charge is -2.31. The Morgan fingerprint density at radius 2 is 1.78 bits per heavy atom. The van der Waals surface area contributed by atoms with Crippen molar-refractivity contribution in [3.05, 3.63) is 53.6 Å². The first-order chi connectivity index (χ1) is 11.1. The molecule has 2 aromatic rings. The maximum absolute atomic E-state index is 12.5. The summed E-state index contributed by atoms with van der Waals surface area (Å²) in [6, 6.07) is 9.45. The summed E-state index contributed by atoms with van der Waals surface area (Å²) < 4.78 is 11.3. The zero-order valence-electron chi connectivity index (χ0n) is 12.1. The van der Waals surface area contributed by atoms with Crippen molar-refractivity contribution in [2.75, 3.05) is 0 Å². The molecule has 0 bridgehead atoms. The Balaban J connectivity index is 1.75. The van der Waals surface area contributed by atoms with Crippen LogP contribution in [0.5, 0.6) is 23.0 Å². The van der Waals surface area contributed by atoms with Gasteiger partial charge in [-0.1, -0.05) is 12.1 Å². The largest absolute Gasteiger partial charge is 0.508 e. The average Bonchev–Trinajstić information content (AvgIpc) is 2.52. The molecule has 2 aromatic carbocycles. The summed E-state index contributed by atoms with van der Waals surface area (Å²) in [6.07, 6.45) is 3.56. The molecule has 23 heavy (non-hydrogen) atoms. The molecule has 0 amide bonds. The molecule has 0 unspecified atom stereocenters. The van der Waals surface area contributed by atoms with Gasteiger partial charge in [-0.15, -0.1) is 0 Å². The fourth-order valence-corrected chi connectivity index (χ4v) is 2.94. The van der Waals surface area contributed by atoms with Gasteiger partial charge < -0.3 is 19.7 Å². The lowest BCUT2D eigenvalue weighted by atomic mass is 9.89. The van der Waals surface area contributed by atoms with Crippen molar-refractivity contribution < 1.29 is 24.5 Å². The number of carbonyl (C=O) groups is 1. The molecular formula is C18H14O5. The Labute approximate surface area is 132 Å². The van der Waals surface area contributed by atoms with Gasteiger partial charge >= 0.3 is 5.97 Å². The number of hydrogen-bond acceptors (Lipinski definition) is 5. The van der Waals surface area contributed by atoms with Crippen LogP contribution in [0.25, 0.3) is 6.08 Å². The van der Waals surface area contributed by atoms with E-state index in [-0.39, 0.29) is 17.5 Å². The lowest BCUT2D eigenvalue weighted by Crippen LogP contribution is -2.39. The molecule has 4 rings (SSSR count). The smallest absolute Gasteiger partial charge is 0.318 e. The second-order valence-electron chi connectivity index (χ2n) is 5.69. The normalized spacial score (nSPS) is 23.2. The molecule has 2 N–H and O–H groups in total. The number of carbonyl (C=O) groups excluding carboxylic acids is 1. The van der Waals surface area contributed by atoms with Crippen LogP contribution in [0.15, 0.2) is 42.5 Å². The zero-order valence-corrected chi connectivity index (χ0v) is 12.1. The van der Waals surface area contributed by atoms with Crippen LogP contribution >= 0.6 is 0 Å². The highest BCUT2D eigenvalue weighted by molar-refractivity contribution is 5.80. The third kappa shape index (κ3) is 2.40. The minimum atomic E-state index is -0.479. The van der Waals surface area contributed by atoms with Gasteiger partial charge in [-0.25, -0.2) is 0 Å². The van der Waals surface area contributed by atoms with Crippen LogP contribution in [0.1, 0.15) is 11.1 Å². The maximum Gasteiger partial charge on any atom is 0.318 e. The number of rotatable bonds is 0. The molecule has 2 heterocycles. The van der Waals surface area contributed by atoms with Crippen LogP contribution in [0, 0.1) is 5.92 Å². The molecule has 0 saturated carbocycles. The predicted octanol–water partition coefficient (Wildman–Crippen LogP) is 2.65. The van der Waals surface area contributed by atoms with Crippen molar-refractivity contribution in [1.82, 2.24) is 0 Å². The van der Waals surface area contributed by atoms with Gasteiger partial charge in [0.05, 0.1) is 0 Å². The van der Waals surface area contributed by atoms with Gasteiger partial charge in [0.2, 0.25) is 0 Å². The molecule has 0 radical (unpaired) electrons. The van der Waals surface area contributed by atoms with E-state index in [9.17, 15) is 15.0 Å². The minimum Gasteiger partial charge on any atom is -0.508 e. The minimum absolute atomic E-state index is 0.0985. The van der Waals surface area contributed by atoms with Crippen LogP contribution in [0.2, 0.25) is 0 Å². The van der Waals surface area contributed by atoms with Gasteiger partial charge in [0.15, 0.2) is 0 Å². The number of hydrogen-bond donors (Lipinski definition) is 2. The molecule has 0 spiro atoms. The fourth-order valence-electron chi connectivity index (χ4n) is 2.94. The van der Waals surface area contributed by atoms with E-state index in [2.05, 4.69) is 0 Å². The molecule has 2 aliphatic rings. The van der Waals surface area contributed by atoms with Crippen LogP contribution in [0.3, 0.4) is 0 Å². The van der Waals surface area contributed by atoms with E-state index in [1.165, 1.54) is 12.1 Å². The highest BCUT2D eigenvalue weighted by atomic mass is 16.5. The van der Waals surface area contributed by atoms with Gasteiger partial charge in [0.25, 0.3) is 0 Å². The van der Waals surface area contributed by atoms with E-state index in [4.69, 9.17) is 9.47 Å². The summed E-state index contributed by atoms with van der Waals surface area (Å²) in [4.78, 5) is 12.5. The number of phenolic OH excluding ortho intramolecular Hbond substituents is 2. The third-order valence-corrected chi connectivity index (χ3v) is 4.12. The molecule has 2 atom stereocenters. The average molecular weight is 310 g/mol. The quantitative estimate of drug-likeness (QED) is 0.578. The van der Waals surface area contributed by atoms with Gasteiger partial charge in [-0.3, -0.25) is 4.79 Å². The first-order valence-electron chi connectivity index (χ1n) is 7.31. The van der Waals surface area contributed by atoms with Crippen molar-refractivity contribution in [2.45, 2.75) is 12.5 Å². The van der Waals surface area contributed by atoms with E-state index in [0.717, 1.165) is 5.56 Å². The number of aromatic hydroxyl groups is 2. The fraction of sp³-hybridized carbons (Fsp3) is 0.167. The van der Waals surface area contributed by atoms with E-state index in [1.807, 2.05) is 0 Å². The number of fused-ring (bicyclic) bond motifs is 3. The summed E-state index contributed by atoms with van der Waals surface area (Å²) in [5.74, 6) is 0.381. The summed E-state index contributed by atoms with van der Waals surface area (Å²) >= 11 is 0. The van der Waals surface area contributed by atoms with Crippen molar-refractivity contribution in [1.29, 1.82) is 0 Å².